The van der Waals surface area contributed by atoms with Gasteiger partial charge in [0.15, 0.2) is 0 Å². The smallest absolute Gasteiger partial charge is 0.304 e. The van der Waals surface area contributed by atoms with Crippen molar-refractivity contribution in [1.82, 2.24) is 9.21 Å². The van der Waals surface area contributed by atoms with E-state index >= 15 is 0 Å². The van der Waals surface area contributed by atoms with Gasteiger partial charge in [-0.2, -0.15) is 12.7 Å². The van der Waals surface area contributed by atoms with E-state index in [4.69, 9.17) is 0 Å². The molecule has 0 saturated carbocycles. The molecule has 1 rings (SSSR count). The molecule has 11 heavy (non-hydrogen) atoms. The lowest BCUT2D eigenvalue weighted by Gasteiger charge is -2.28. The molecule has 0 bridgehead atoms. The zero-order valence-electron chi connectivity index (χ0n) is 6.33. The monoisotopic (exact) mass is 182 g/mol. The van der Waals surface area contributed by atoms with Crippen molar-refractivity contribution < 1.29 is 12.3 Å². The molecule has 0 spiro atoms. The number of halogens is 1. The maximum atomic E-state index is 12.3. The summed E-state index contributed by atoms with van der Waals surface area (Å²) >= 11 is 0. The van der Waals surface area contributed by atoms with Gasteiger partial charge < -0.3 is 4.90 Å². The minimum atomic E-state index is -4.44. The third-order valence-corrected chi connectivity index (χ3v) is 2.75. The van der Waals surface area contributed by atoms with Crippen molar-refractivity contribution >= 4 is 10.4 Å². The molecule has 0 N–H and O–H groups in total. The lowest BCUT2D eigenvalue weighted by molar-refractivity contribution is 0.217. The molecule has 0 aromatic rings. The molecule has 0 aromatic carbocycles. The number of nitrogens with zero attached hydrogens (tertiary/aromatic N) is 2. The van der Waals surface area contributed by atoms with Crippen molar-refractivity contribution in [2.45, 2.75) is 0 Å². The van der Waals surface area contributed by atoms with Crippen LogP contribution in [0.3, 0.4) is 0 Å². The number of likely N-dealkylation sites (N-methyl/N-ethyl adjacent to an activating group) is 1. The zero-order chi connectivity index (χ0) is 8.48. The quantitative estimate of drug-likeness (QED) is 0.511. The van der Waals surface area contributed by atoms with Gasteiger partial charge in [-0.3, -0.25) is 0 Å². The molecular formula is C5H11FN2O2S. The Morgan fingerprint density at radius 3 is 2.00 bits per heavy atom. The lowest BCUT2D eigenvalue weighted by atomic mass is 10.4. The molecule has 0 atom stereocenters. The largest absolute Gasteiger partial charge is 0.374 e. The molecular weight excluding hydrogens is 171 g/mol. The summed E-state index contributed by atoms with van der Waals surface area (Å²) in [5.74, 6) is 0. The minimum absolute atomic E-state index is 0.259. The number of piperazine rings is 1. The fourth-order valence-corrected chi connectivity index (χ4v) is 1.61. The van der Waals surface area contributed by atoms with Crippen molar-refractivity contribution in [3.05, 3.63) is 0 Å². The molecule has 1 fully saturated rings. The first kappa shape index (κ1) is 8.89. The second-order valence-electron chi connectivity index (χ2n) is 2.64. The van der Waals surface area contributed by atoms with Gasteiger partial charge in [-0.25, -0.2) is 0 Å². The highest BCUT2D eigenvalue weighted by Crippen LogP contribution is 2.06. The average molecular weight is 182 g/mol. The minimum Gasteiger partial charge on any atom is -0.304 e. The fourth-order valence-electron chi connectivity index (χ4n) is 1.01. The highest BCUT2D eigenvalue weighted by Gasteiger charge is 2.24. The summed E-state index contributed by atoms with van der Waals surface area (Å²) in [6, 6.07) is 0. The van der Waals surface area contributed by atoms with Crippen LogP contribution < -0.4 is 0 Å². The third kappa shape index (κ3) is 2.39. The Hall–Kier alpha value is -0.200. The van der Waals surface area contributed by atoms with Crippen LogP contribution in [0, 0.1) is 0 Å². The molecule has 1 aliphatic heterocycles. The van der Waals surface area contributed by atoms with Crippen molar-refractivity contribution in [2.75, 3.05) is 33.2 Å². The van der Waals surface area contributed by atoms with Gasteiger partial charge >= 0.3 is 10.4 Å². The Balaban J connectivity index is 2.53. The molecule has 1 aliphatic rings. The van der Waals surface area contributed by atoms with E-state index in [2.05, 4.69) is 0 Å². The van der Waals surface area contributed by atoms with Crippen LogP contribution in [0.5, 0.6) is 0 Å². The maximum Gasteiger partial charge on any atom is 0.374 e. The van der Waals surface area contributed by atoms with Crippen LogP contribution in [0.25, 0.3) is 0 Å². The van der Waals surface area contributed by atoms with Gasteiger partial charge in [-0.15, -0.1) is 0 Å². The van der Waals surface area contributed by atoms with Crippen LogP contribution in [0.2, 0.25) is 0 Å². The van der Waals surface area contributed by atoms with Gasteiger partial charge in [0, 0.05) is 26.2 Å². The average Bonchev–Trinajstić information content (AvgIpc) is 1.86. The zero-order valence-corrected chi connectivity index (χ0v) is 7.14. The van der Waals surface area contributed by atoms with Crippen molar-refractivity contribution in [1.29, 1.82) is 0 Å². The first-order valence-electron chi connectivity index (χ1n) is 3.38. The van der Waals surface area contributed by atoms with E-state index in [9.17, 15) is 12.3 Å². The third-order valence-electron chi connectivity index (χ3n) is 1.77. The second kappa shape index (κ2) is 3.04. The summed E-state index contributed by atoms with van der Waals surface area (Å²) in [6.07, 6.45) is 0. The van der Waals surface area contributed by atoms with Gasteiger partial charge in [0.25, 0.3) is 0 Å². The molecule has 0 unspecified atom stereocenters. The molecule has 0 aliphatic carbocycles. The first-order valence-corrected chi connectivity index (χ1v) is 4.72. The molecule has 4 nitrogen and oxygen atoms in total. The Bertz CT molecular complexity index is 221. The summed E-state index contributed by atoms with van der Waals surface area (Å²) in [6.45, 7) is 1.72. The summed E-state index contributed by atoms with van der Waals surface area (Å²) < 4.78 is 33.8. The Labute approximate surface area is 65.9 Å². The first-order chi connectivity index (χ1) is 5.00. The summed E-state index contributed by atoms with van der Waals surface area (Å²) in [5, 5.41) is 0. The summed E-state index contributed by atoms with van der Waals surface area (Å²) in [4.78, 5) is 1.96. The van der Waals surface area contributed by atoms with E-state index in [1.807, 2.05) is 11.9 Å². The van der Waals surface area contributed by atoms with Gasteiger partial charge in [0.1, 0.15) is 0 Å². The Kier molecular flexibility index (Phi) is 2.46. The highest BCUT2D eigenvalue weighted by molar-refractivity contribution is 7.83. The van der Waals surface area contributed by atoms with E-state index in [-0.39, 0.29) is 13.1 Å². The lowest BCUT2D eigenvalue weighted by Crippen LogP contribution is -2.45. The predicted octanol–water partition coefficient (Wildman–Crippen LogP) is -0.552. The highest BCUT2D eigenvalue weighted by atomic mass is 32.3. The standard InChI is InChI=1S/C5H11FN2O2S/c1-7-2-4-8(5-3-7)11(6,9)10/h2-5H2,1H3. The number of rotatable bonds is 1. The SMILES string of the molecule is CN1CCN(S(=O)(=O)F)CC1. The Morgan fingerprint density at radius 2 is 1.64 bits per heavy atom. The fraction of sp³-hybridized carbons (Fsp3) is 1.00. The number of hydrogen-bond donors (Lipinski definition) is 0. The normalized spacial score (nSPS) is 23.8. The predicted molar refractivity (Wildman–Crippen MR) is 39.1 cm³/mol. The van der Waals surface area contributed by atoms with Crippen LogP contribution >= 0.6 is 0 Å². The molecule has 66 valence electrons. The maximum absolute atomic E-state index is 12.3. The van der Waals surface area contributed by atoms with Crippen molar-refractivity contribution in [3.8, 4) is 0 Å². The van der Waals surface area contributed by atoms with E-state index < -0.39 is 10.4 Å². The molecule has 0 amide bonds. The van der Waals surface area contributed by atoms with Crippen LogP contribution in [-0.2, 0) is 10.4 Å². The van der Waals surface area contributed by atoms with E-state index in [0.29, 0.717) is 13.1 Å². The van der Waals surface area contributed by atoms with Gasteiger partial charge in [-0.1, -0.05) is 3.89 Å². The number of hydrogen-bond acceptors (Lipinski definition) is 3. The van der Waals surface area contributed by atoms with Crippen LogP contribution in [-0.4, -0.2) is 50.8 Å². The van der Waals surface area contributed by atoms with Crippen molar-refractivity contribution in [2.24, 2.45) is 0 Å². The van der Waals surface area contributed by atoms with Gasteiger partial charge in [0.05, 0.1) is 0 Å². The molecule has 0 radical (unpaired) electrons. The van der Waals surface area contributed by atoms with Gasteiger partial charge in [0.2, 0.25) is 0 Å². The Morgan fingerprint density at radius 1 is 1.18 bits per heavy atom. The topological polar surface area (TPSA) is 40.6 Å². The van der Waals surface area contributed by atoms with E-state index in [0.717, 1.165) is 4.31 Å². The van der Waals surface area contributed by atoms with E-state index in [1.165, 1.54) is 0 Å². The van der Waals surface area contributed by atoms with Crippen LogP contribution in [0.15, 0.2) is 0 Å². The van der Waals surface area contributed by atoms with E-state index in [1.54, 1.807) is 0 Å². The molecule has 0 aromatic heterocycles. The molecule has 6 heteroatoms. The van der Waals surface area contributed by atoms with Crippen LogP contribution in [0.4, 0.5) is 3.89 Å². The van der Waals surface area contributed by atoms with Crippen molar-refractivity contribution in [3.63, 3.8) is 0 Å². The van der Waals surface area contributed by atoms with Crippen LogP contribution in [0.1, 0.15) is 0 Å². The van der Waals surface area contributed by atoms with Gasteiger partial charge in [-0.05, 0) is 7.05 Å². The summed E-state index contributed by atoms with van der Waals surface area (Å²) in [7, 11) is -2.57. The molecule has 1 heterocycles. The molecule has 1 saturated heterocycles. The summed E-state index contributed by atoms with van der Waals surface area (Å²) in [5.41, 5.74) is 0. The second-order valence-corrected chi connectivity index (χ2v) is 3.99.